The molecule has 0 aliphatic heterocycles. The van der Waals surface area contributed by atoms with Crippen molar-refractivity contribution in [3.63, 3.8) is 0 Å². The minimum Gasteiger partial charge on any atom is -0.344 e. The van der Waals surface area contributed by atoms with Crippen molar-refractivity contribution in [3.05, 3.63) is 71.8 Å². The molecule has 0 aromatic heterocycles. The number of carbonyl (C=O) groups excluding carboxylic acids is 1. The summed E-state index contributed by atoms with van der Waals surface area (Å²) >= 11 is 0. The second kappa shape index (κ2) is 9.23. The Hall–Kier alpha value is -1.84. The summed E-state index contributed by atoms with van der Waals surface area (Å²) in [5, 5.41) is 3.08. The summed E-state index contributed by atoms with van der Waals surface area (Å²) in [5.41, 5.74) is 2.06. The molecule has 0 aliphatic carbocycles. The third-order valence-corrected chi connectivity index (χ3v) is 3.59. The Bertz CT molecular complexity index is 520. The van der Waals surface area contributed by atoms with Crippen LogP contribution >= 0.6 is 12.4 Å². The average molecular weight is 319 g/mol. The van der Waals surface area contributed by atoms with Crippen molar-refractivity contribution in [2.45, 2.75) is 5.92 Å². The van der Waals surface area contributed by atoms with Crippen molar-refractivity contribution in [1.82, 2.24) is 10.2 Å². The predicted molar refractivity (Wildman–Crippen MR) is 93.5 cm³/mol. The zero-order chi connectivity index (χ0) is 15.1. The first-order valence-corrected chi connectivity index (χ1v) is 7.23. The summed E-state index contributed by atoms with van der Waals surface area (Å²) in [6.07, 6.45) is 0. The molecule has 0 unspecified atom stereocenters. The maximum absolute atomic E-state index is 12.8. The third-order valence-electron chi connectivity index (χ3n) is 3.59. The number of likely N-dealkylation sites (N-methyl/N-ethyl adjacent to an activating group) is 2. The van der Waals surface area contributed by atoms with Crippen molar-refractivity contribution in [1.29, 1.82) is 0 Å². The van der Waals surface area contributed by atoms with E-state index < -0.39 is 0 Å². The van der Waals surface area contributed by atoms with E-state index in [0.717, 1.165) is 17.7 Å². The van der Waals surface area contributed by atoms with E-state index in [4.69, 9.17) is 0 Å². The molecule has 2 aromatic carbocycles. The van der Waals surface area contributed by atoms with Crippen LogP contribution in [0.25, 0.3) is 0 Å². The van der Waals surface area contributed by atoms with Gasteiger partial charge in [-0.25, -0.2) is 0 Å². The molecule has 3 nitrogen and oxygen atoms in total. The zero-order valence-corrected chi connectivity index (χ0v) is 13.8. The number of rotatable bonds is 6. The highest BCUT2D eigenvalue weighted by Gasteiger charge is 2.25. The van der Waals surface area contributed by atoms with Gasteiger partial charge in [0.15, 0.2) is 0 Å². The lowest BCUT2D eigenvalue weighted by Crippen LogP contribution is -2.36. The molecule has 1 amide bonds. The number of carbonyl (C=O) groups is 1. The highest BCUT2D eigenvalue weighted by atomic mass is 35.5. The largest absolute Gasteiger partial charge is 0.344 e. The molecule has 0 heterocycles. The van der Waals surface area contributed by atoms with Crippen LogP contribution in [0.2, 0.25) is 0 Å². The molecule has 22 heavy (non-hydrogen) atoms. The highest BCUT2D eigenvalue weighted by molar-refractivity contribution is 5.87. The van der Waals surface area contributed by atoms with Gasteiger partial charge >= 0.3 is 0 Å². The summed E-state index contributed by atoms with van der Waals surface area (Å²) in [6, 6.07) is 19.9. The van der Waals surface area contributed by atoms with Crippen LogP contribution in [-0.2, 0) is 4.79 Å². The van der Waals surface area contributed by atoms with E-state index in [2.05, 4.69) is 5.32 Å². The van der Waals surface area contributed by atoms with Crippen molar-refractivity contribution < 1.29 is 4.79 Å². The zero-order valence-electron chi connectivity index (χ0n) is 13.0. The average Bonchev–Trinajstić information content (AvgIpc) is 2.54. The minimum absolute atomic E-state index is 0. The lowest BCUT2D eigenvalue weighted by atomic mass is 9.90. The van der Waals surface area contributed by atoms with E-state index in [9.17, 15) is 4.79 Å². The van der Waals surface area contributed by atoms with E-state index in [0.29, 0.717) is 6.54 Å². The van der Waals surface area contributed by atoms with Gasteiger partial charge in [-0.3, -0.25) is 4.79 Å². The molecule has 0 fully saturated rings. The van der Waals surface area contributed by atoms with E-state index in [-0.39, 0.29) is 24.2 Å². The maximum atomic E-state index is 12.8. The first kappa shape index (κ1) is 18.2. The summed E-state index contributed by atoms with van der Waals surface area (Å²) in [5.74, 6) is -0.114. The SMILES string of the molecule is CNCCN(C)C(=O)C(c1ccccc1)c1ccccc1.Cl. The van der Waals surface area contributed by atoms with Gasteiger partial charge in [0, 0.05) is 20.1 Å². The number of nitrogens with one attached hydrogen (secondary N) is 1. The summed E-state index contributed by atoms with van der Waals surface area (Å²) in [4.78, 5) is 14.6. The quantitative estimate of drug-likeness (QED) is 0.888. The van der Waals surface area contributed by atoms with Crippen molar-refractivity contribution >= 4 is 18.3 Å². The van der Waals surface area contributed by atoms with Gasteiger partial charge in [-0.15, -0.1) is 12.4 Å². The molecular formula is C18H23ClN2O. The molecule has 0 atom stereocenters. The molecule has 0 aliphatic rings. The lowest BCUT2D eigenvalue weighted by molar-refractivity contribution is -0.130. The Labute approximate surface area is 138 Å². The lowest BCUT2D eigenvalue weighted by Gasteiger charge is -2.24. The minimum atomic E-state index is -0.241. The van der Waals surface area contributed by atoms with E-state index in [1.807, 2.05) is 74.8 Å². The van der Waals surface area contributed by atoms with Crippen LogP contribution in [0.1, 0.15) is 17.0 Å². The van der Waals surface area contributed by atoms with Crippen LogP contribution in [0, 0.1) is 0 Å². The third kappa shape index (κ3) is 4.58. The number of hydrogen-bond acceptors (Lipinski definition) is 2. The van der Waals surface area contributed by atoms with Gasteiger partial charge in [0.2, 0.25) is 5.91 Å². The number of halogens is 1. The fraction of sp³-hybridized carbons (Fsp3) is 0.278. The van der Waals surface area contributed by atoms with Gasteiger partial charge in [0.25, 0.3) is 0 Å². The fourth-order valence-electron chi connectivity index (χ4n) is 2.38. The van der Waals surface area contributed by atoms with Crippen LogP contribution in [-0.4, -0.2) is 38.0 Å². The normalized spacial score (nSPS) is 10.1. The molecule has 2 aromatic rings. The highest BCUT2D eigenvalue weighted by Crippen LogP contribution is 2.26. The second-order valence-corrected chi connectivity index (χ2v) is 5.12. The first-order chi connectivity index (χ1) is 10.2. The predicted octanol–water partition coefficient (Wildman–Crippen LogP) is 2.92. The molecule has 0 saturated carbocycles. The van der Waals surface area contributed by atoms with Crippen molar-refractivity contribution in [2.75, 3.05) is 27.2 Å². The maximum Gasteiger partial charge on any atom is 0.234 e. The molecule has 0 radical (unpaired) electrons. The van der Waals surface area contributed by atoms with Gasteiger partial charge in [-0.05, 0) is 18.2 Å². The Morgan fingerprint density at radius 3 is 1.86 bits per heavy atom. The topological polar surface area (TPSA) is 32.3 Å². The Morgan fingerprint density at radius 2 is 1.45 bits per heavy atom. The monoisotopic (exact) mass is 318 g/mol. The van der Waals surface area contributed by atoms with Crippen LogP contribution in [0.4, 0.5) is 0 Å². The summed E-state index contributed by atoms with van der Waals surface area (Å²) in [6.45, 7) is 1.49. The van der Waals surface area contributed by atoms with E-state index >= 15 is 0 Å². The van der Waals surface area contributed by atoms with Crippen LogP contribution in [0.5, 0.6) is 0 Å². The van der Waals surface area contributed by atoms with Crippen LogP contribution < -0.4 is 5.32 Å². The Morgan fingerprint density at radius 1 is 1.00 bits per heavy atom. The Balaban J connectivity index is 0.00000242. The van der Waals surface area contributed by atoms with Gasteiger partial charge in [0.1, 0.15) is 0 Å². The summed E-state index contributed by atoms with van der Waals surface area (Å²) < 4.78 is 0. The Kier molecular flexibility index (Phi) is 7.64. The number of hydrogen-bond donors (Lipinski definition) is 1. The molecule has 118 valence electrons. The standard InChI is InChI=1S/C18H22N2O.ClH/c1-19-13-14-20(2)18(21)17(15-9-5-3-6-10-15)16-11-7-4-8-12-16;/h3-12,17,19H,13-14H2,1-2H3;1H. The number of nitrogens with zero attached hydrogens (tertiary/aromatic N) is 1. The smallest absolute Gasteiger partial charge is 0.234 e. The van der Waals surface area contributed by atoms with E-state index in [1.54, 1.807) is 4.90 Å². The molecule has 4 heteroatoms. The van der Waals surface area contributed by atoms with Crippen molar-refractivity contribution in [3.8, 4) is 0 Å². The molecule has 0 bridgehead atoms. The van der Waals surface area contributed by atoms with Gasteiger partial charge in [-0.2, -0.15) is 0 Å². The molecular weight excluding hydrogens is 296 g/mol. The molecule has 1 N–H and O–H groups in total. The number of amides is 1. The molecule has 0 saturated heterocycles. The van der Waals surface area contributed by atoms with Gasteiger partial charge in [-0.1, -0.05) is 60.7 Å². The molecule has 0 spiro atoms. The first-order valence-electron chi connectivity index (χ1n) is 7.23. The number of benzene rings is 2. The molecule has 2 rings (SSSR count). The van der Waals surface area contributed by atoms with Crippen LogP contribution in [0.15, 0.2) is 60.7 Å². The van der Waals surface area contributed by atoms with Gasteiger partial charge < -0.3 is 10.2 Å². The summed E-state index contributed by atoms with van der Waals surface area (Å²) in [7, 11) is 3.75. The van der Waals surface area contributed by atoms with Crippen molar-refractivity contribution in [2.24, 2.45) is 0 Å². The van der Waals surface area contributed by atoms with Crippen LogP contribution in [0.3, 0.4) is 0 Å². The van der Waals surface area contributed by atoms with Gasteiger partial charge in [0.05, 0.1) is 5.92 Å². The van der Waals surface area contributed by atoms with E-state index in [1.165, 1.54) is 0 Å². The fourth-order valence-corrected chi connectivity index (χ4v) is 2.38. The second-order valence-electron chi connectivity index (χ2n) is 5.12.